The molecule has 1 aliphatic carbocycles. The van der Waals surface area contributed by atoms with Gasteiger partial charge in [0.05, 0.1) is 11.9 Å². The minimum absolute atomic E-state index is 0.00219. The van der Waals surface area contributed by atoms with E-state index in [1.807, 2.05) is 4.90 Å². The Bertz CT molecular complexity index is 985. The fraction of sp³-hybridized carbons (Fsp3) is 0.682. The van der Waals surface area contributed by atoms with Gasteiger partial charge in [-0.15, -0.1) is 22.9 Å². The molecule has 30 heavy (non-hydrogen) atoms. The summed E-state index contributed by atoms with van der Waals surface area (Å²) in [7, 11) is 0. The van der Waals surface area contributed by atoms with Gasteiger partial charge in [-0.1, -0.05) is 20.8 Å². The highest BCUT2D eigenvalue weighted by Crippen LogP contribution is 2.41. The van der Waals surface area contributed by atoms with Crippen molar-refractivity contribution in [1.82, 2.24) is 19.8 Å². The van der Waals surface area contributed by atoms with Gasteiger partial charge in [-0.3, -0.25) is 14.5 Å². The standard InChI is InChI=1S/C22H31ClN4O2S/c1-22(2,3)14-4-5-15-16(12-14)30-21-19(15)20(29)24-17(25-21)13-26-8-10-27(11-9-26)18(28)6-7-23/h14H,4-13H2,1-3H3,(H,24,25,29)/t14-/m0/s1. The van der Waals surface area contributed by atoms with E-state index in [0.29, 0.717) is 37.9 Å². The molecule has 164 valence electrons. The van der Waals surface area contributed by atoms with Gasteiger partial charge in [-0.25, -0.2) is 4.98 Å². The molecule has 1 amide bonds. The number of alkyl halides is 1. The third-order valence-corrected chi connectivity index (χ3v) is 7.94. The van der Waals surface area contributed by atoms with Gasteiger partial charge in [0.25, 0.3) is 5.56 Å². The van der Waals surface area contributed by atoms with Crippen molar-refractivity contribution < 1.29 is 4.79 Å². The number of aromatic amines is 1. The summed E-state index contributed by atoms with van der Waals surface area (Å²) in [4.78, 5) is 39.1. The van der Waals surface area contributed by atoms with Crippen molar-refractivity contribution in [3.05, 3.63) is 26.6 Å². The maximum atomic E-state index is 12.9. The van der Waals surface area contributed by atoms with E-state index in [1.54, 1.807) is 11.3 Å². The Morgan fingerprint density at radius 1 is 1.27 bits per heavy atom. The van der Waals surface area contributed by atoms with Crippen molar-refractivity contribution in [3.8, 4) is 0 Å². The fourth-order valence-corrected chi connectivity index (χ4v) is 6.13. The number of hydrogen-bond acceptors (Lipinski definition) is 5. The first kappa shape index (κ1) is 21.8. The van der Waals surface area contributed by atoms with E-state index in [4.69, 9.17) is 16.6 Å². The Balaban J connectivity index is 1.48. The summed E-state index contributed by atoms with van der Waals surface area (Å²) in [6, 6.07) is 0. The van der Waals surface area contributed by atoms with Crippen molar-refractivity contribution in [2.45, 2.75) is 53.0 Å². The number of halogens is 1. The van der Waals surface area contributed by atoms with Crippen LogP contribution < -0.4 is 5.56 Å². The van der Waals surface area contributed by atoms with Crippen LogP contribution in [-0.4, -0.2) is 57.7 Å². The first-order chi connectivity index (χ1) is 14.3. The molecule has 0 unspecified atom stereocenters. The number of nitrogens with one attached hydrogen (secondary N) is 1. The van der Waals surface area contributed by atoms with Crippen LogP contribution in [0.1, 0.15) is 49.9 Å². The molecule has 1 saturated heterocycles. The van der Waals surface area contributed by atoms with Gasteiger partial charge < -0.3 is 9.88 Å². The van der Waals surface area contributed by atoms with E-state index < -0.39 is 0 Å². The molecule has 1 aliphatic heterocycles. The van der Waals surface area contributed by atoms with Gasteiger partial charge in [-0.2, -0.15) is 0 Å². The van der Waals surface area contributed by atoms with Crippen LogP contribution in [-0.2, 0) is 24.2 Å². The molecule has 2 aliphatic rings. The fourth-order valence-electron chi connectivity index (χ4n) is 4.65. The van der Waals surface area contributed by atoms with Gasteiger partial charge in [0, 0.05) is 43.4 Å². The number of carbonyl (C=O) groups excluding carboxylic acids is 1. The van der Waals surface area contributed by atoms with Crippen LogP contribution in [0, 0.1) is 11.3 Å². The Hall–Kier alpha value is -1.44. The molecule has 2 aromatic rings. The summed E-state index contributed by atoms with van der Waals surface area (Å²) in [5.74, 6) is 1.86. The minimum Gasteiger partial charge on any atom is -0.340 e. The molecule has 0 bridgehead atoms. The predicted molar refractivity (Wildman–Crippen MR) is 122 cm³/mol. The molecule has 4 rings (SSSR count). The maximum Gasteiger partial charge on any atom is 0.259 e. The van der Waals surface area contributed by atoms with E-state index in [0.717, 1.165) is 48.4 Å². The SMILES string of the molecule is CC(C)(C)[C@H]1CCc2c(sc3nc(CN4CCN(C(=O)CCCl)CC4)[nH]c(=O)c23)C1. The van der Waals surface area contributed by atoms with Crippen molar-refractivity contribution in [3.63, 3.8) is 0 Å². The summed E-state index contributed by atoms with van der Waals surface area (Å²) in [5, 5.41) is 0.808. The molecule has 0 spiro atoms. The number of aromatic nitrogens is 2. The Morgan fingerprint density at radius 3 is 2.67 bits per heavy atom. The number of fused-ring (bicyclic) bond motifs is 3. The summed E-state index contributed by atoms with van der Waals surface area (Å²) in [6.45, 7) is 10.5. The van der Waals surface area contributed by atoms with E-state index in [1.165, 1.54) is 10.4 Å². The molecule has 1 N–H and O–H groups in total. The second-order valence-electron chi connectivity index (χ2n) is 9.60. The number of amides is 1. The van der Waals surface area contributed by atoms with Crippen molar-refractivity contribution in [1.29, 1.82) is 0 Å². The van der Waals surface area contributed by atoms with Crippen LogP contribution in [0.25, 0.3) is 10.2 Å². The van der Waals surface area contributed by atoms with Gasteiger partial charge in [-0.05, 0) is 36.2 Å². The quantitative estimate of drug-likeness (QED) is 0.724. The second-order valence-corrected chi connectivity index (χ2v) is 11.1. The number of hydrogen-bond donors (Lipinski definition) is 1. The molecule has 0 saturated carbocycles. The Morgan fingerprint density at radius 2 is 2.00 bits per heavy atom. The highest BCUT2D eigenvalue weighted by molar-refractivity contribution is 7.18. The molecular formula is C22H31ClN4O2S. The molecule has 1 atom stereocenters. The van der Waals surface area contributed by atoms with Crippen molar-refractivity contribution >= 4 is 39.1 Å². The highest BCUT2D eigenvalue weighted by Gasteiger charge is 2.31. The molecule has 0 aromatic carbocycles. The number of rotatable bonds is 4. The second kappa shape index (κ2) is 8.60. The number of piperazine rings is 1. The topological polar surface area (TPSA) is 69.3 Å². The van der Waals surface area contributed by atoms with E-state index in [2.05, 4.69) is 30.7 Å². The molecule has 2 aromatic heterocycles. The van der Waals surface area contributed by atoms with Gasteiger partial charge in [0.15, 0.2) is 0 Å². The van der Waals surface area contributed by atoms with Gasteiger partial charge in [0.1, 0.15) is 10.7 Å². The van der Waals surface area contributed by atoms with Crippen LogP contribution in [0.3, 0.4) is 0 Å². The van der Waals surface area contributed by atoms with Crippen molar-refractivity contribution in [2.24, 2.45) is 11.3 Å². The first-order valence-electron chi connectivity index (χ1n) is 10.9. The smallest absolute Gasteiger partial charge is 0.259 e. The summed E-state index contributed by atoms with van der Waals surface area (Å²) in [5.41, 5.74) is 1.51. The molecular weight excluding hydrogens is 420 g/mol. The van der Waals surface area contributed by atoms with E-state index in [9.17, 15) is 9.59 Å². The van der Waals surface area contributed by atoms with Crippen molar-refractivity contribution in [2.75, 3.05) is 32.1 Å². The van der Waals surface area contributed by atoms with Gasteiger partial charge >= 0.3 is 0 Å². The lowest BCUT2D eigenvalue weighted by Gasteiger charge is -2.34. The minimum atomic E-state index is -0.00219. The number of aryl methyl sites for hydroxylation is 1. The number of H-pyrrole nitrogens is 1. The van der Waals surface area contributed by atoms with Crippen LogP contribution in [0.15, 0.2) is 4.79 Å². The summed E-state index contributed by atoms with van der Waals surface area (Å²) in [6.07, 6.45) is 3.55. The predicted octanol–water partition coefficient (Wildman–Crippen LogP) is 3.41. The van der Waals surface area contributed by atoms with Gasteiger partial charge in [0.2, 0.25) is 5.91 Å². The zero-order valence-electron chi connectivity index (χ0n) is 18.1. The largest absolute Gasteiger partial charge is 0.340 e. The normalized spacial score (nSPS) is 20.5. The molecule has 0 radical (unpaired) electrons. The monoisotopic (exact) mass is 450 g/mol. The zero-order chi connectivity index (χ0) is 21.5. The third kappa shape index (κ3) is 4.43. The average molecular weight is 451 g/mol. The molecule has 6 nitrogen and oxygen atoms in total. The Labute approximate surface area is 186 Å². The lowest BCUT2D eigenvalue weighted by molar-refractivity contribution is -0.132. The number of nitrogens with zero attached hydrogens (tertiary/aromatic N) is 3. The average Bonchev–Trinajstić information content (AvgIpc) is 3.06. The first-order valence-corrected chi connectivity index (χ1v) is 12.2. The molecule has 8 heteroatoms. The van der Waals surface area contributed by atoms with Crippen LogP contribution in [0.5, 0.6) is 0 Å². The molecule has 1 fully saturated rings. The lowest BCUT2D eigenvalue weighted by Crippen LogP contribution is -2.48. The number of carbonyl (C=O) groups is 1. The summed E-state index contributed by atoms with van der Waals surface area (Å²) >= 11 is 7.39. The van der Waals surface area contributed by atoms with Crippen LogP contribution in [0.4, 0.5) is 0 Å². The van der Waals surface area contributed by atoms with Crippen LogP contribution >= 0.6 is 22.9 Å². The van der Waals surface area contributed by atoms with E-state index in [-0.39, 0.29) is 16.9 Å². The highest BCUT2D eigenvalue weighted by atomic mass is 35.5. The molecule has 3 heterocycles. The van der Waals surface area contributed by atoms with Crippen LogP contribution in [0.2, 0.25) is 0 Å². The zero-order valence-corrected chi connectivity index (χ0v) is 19.7. The van der Waals surface area contributed by atoms with E-state index >= 15 is 0 Å². The Kier molecular flexibility index (Phi) is 6.24. The summed E-state index contributed by atoms with van der Waals surface area (Å²) < 4.78 is 0. The lowest BCUT2D eigenvalue weighted by atomic mass is 9.72. The maximum absolute atomic E-state index is 12.9. The third-order valence-electron chi connectivity index (χ3n) is 6.60. The number of thiophene rings is 1.